The lowest BCUT2D eigenvalue weighted by molar-refractivity contribution is -0.140. The molecule has 9 heteroatoms. The fourth-order valence-electron chi connectivity index (χ4n) is 3.72. The van der Waals surface area contributed by atoms with E-state index in [2.05, 4.69) is 5.32 Å². The number of para-hydroxylation sites is 2. The average molecular weight is 490 g/mol. The summed E-state index contributed by atoms with van der Waals surface area (Å²) in [7, 11) is -2.06. The third kappa shape index (κ3) is 7.48. The highest BCUT2D eigenvalue weighted by molar-refractivity contribution is 7.92. The van der Waals surface area contributed by atoms with E-state index >= 15 is 0 Å². The smallest absolute Gasteiger partial charge is 0.242 e. The van der Waals surface area contributed by atoms with Crippen molar-refractivity contribution in [3.05, 3.63) is 59.7 Å². The van der Waals surface area contributed by atoms with Gasteiger partial charge in [0.05, 0.1) is 18.6 Å². The maximum absolute atomic E-state index is 13.2. The van der Waals surface area contributed by atoms with Crippen LogP contribution in [0, 0.1) is 6.92 Å². The molecule has 0 radical (unpaired) electrons. The number of nitrogens with zero attached hydrogens (tertiary/aromatic N) is 2. The van der Waals surface area contributed by atoms with E-state index in [9.17, 15) is 18.0 Å². The minimum atomic E-state index is -3.60. The first-order chi connectivity index (χ1) is 16.1. The number of aryl methyl sites for hydroxylation is 1. The van der Waals surface area contributed by atoms with Gasteiger partial charge in [-0.05, 0) is 44.9 Å². The van der Waals surface area contributed by atoms with Crippen LogP contribution in [0.2, 0.25) is 0 Å². The van der Waals surface area contributed by atoms with Gasteiger partial charge in [0, 0.05) is 26.6 Å². The van der Waals surface area contributed by atoms with Gasteiger partial charge in [0.2, 0.25) is 21.8 Å². The molecular formula is C25H35N3O5S. The number of amides is 2. The lowest BCUT2D eigenvalue weighted by Crippen LogP contribution is -2.46. The van der Waals surface area contributed by atoms with Gasteiger partial charge in [-0.3, -0.25) is 13.9 Å². The molecule has 0 aliphatic carbocycles. The SMILES string of the molecule is CCOc1ccccc1N(CCCC(=O)N(Cc1cccc(C)c1)C(C)C(=O)NC)S(C)(=O)=O. The molecule has 0 aliphatic heterocycles. The highest BCUT2D eigenvalue weighted by Gasteiger charge is 2.26. The molecule has 0 heterocycles. The molecule has 0 bridgehead atoms. The van der Waals surface area contributed by atoms with Gasteiger partial charge in [-0.15, -0.1) is 0 Å². The largest absolute Gasteiger partial charge is 0.492 e. The normalized spacial score (nSPS) is 12.0. The van der Waals surface area contributed by atoms with E-state index in [-0.39, 0.29) is 37.7 Å². The Morgan fingerprint density at radius 1 is 1.12 bits per heavy atom. The van der Waals surface area contributed by atoms with E-state index in [1.54, 1.807) is 31.2 Å². The summed E-state index contributed by atoms with van der Waals surface area (Å²) in [5.41, 5.74) is 2.43. The molecule has 2 rings (SSSR count). The summed E-state index contributed by atoms with van der Waals surface area (Å²) in [5.74, 6) is -0.00961. The van der Waals surface area contributed by atoms with Gasteiger partial charge in [0.15, 0.2) is 0 Å². The fourth-order valence-corrected chi connectivity index (χ4v) is 4.69. The van der Waals surface area contributed by atoms with E-state index in [4.69, 9.17) is 4.74 Å². The van der Waals surface area contributed by atoms with E-state index in [0.717, 1.165) is 17.4 Å². The third-order valence-corrected chi connectivity index (χ3v) is 6.62. The maximum Gasteiger partial charge on any atom is 0.242 e. The van der Waals surface area contributed by atoms with Crippen LogP contribution in [0.4, 0.5) is 5.69 Å². The molecule has 1 N–H and O–H groups in total. The van der Waals surface area contributed by atoms with Gasteiger partial charge in [0.1, 0.15) is 11.8 Å². The Hall–Kier alpha value is -3.07. The molecule has 0 aromatic heterocycles. The zero-order valence-electron chi connectivity index (χ0n) is 20.6. The molecule has 1 unspecified atom stereocenters. The van der Waals surface area contributed by atoms with Crippen LogP contribution in [0.25, 0.3) is 0 Å². The summed E-state index contributed by atoms with van der Waals surface area (Å²) >= 11 is 0. The fraction of sp³-hybridized carbons (Fsp3) is 0.440. The monoisotopic (exact) mass is 489 g/mol. The zero-order chi connectivity index (χ0) is 25.3. The quantitative estimate of drug-likeness (QED) is 0.494. The Kier molecular flexibility index (Phi) is 9.92. The summed E-state index contributed by atoms with van der Waals surface area (Å²) in [4.78, 5) is 27.0. The summed E-state index contributed by atoms with van der Waals surface area (Å²) in [6.45, 7) is 6.29. The number of rotatable bonds is 12. The van der Waals surface area contributed by atoms with Crippen molar-refractivity contribution in [2.24, 2.45) is 0 Å². The van der Waals surface area contributed by atoms with Gasteiger partial charge in [-0.1, -0.05) is 42.0 Å². The molecule has 0 fully saturated rings. The van der Waals surface area contributed by atoms with Crippen molar-refractivity contribution in [3.8, 4) is 5.75 Å². The molecule has 186 valence electrons. The Labute approximate surface area is 202 Å². The summed E-state index contributed by atoms with van der Waals surface area (Å²) < 4.78 is 31.9. The van der Waals surface area contributed by atoms with Crippen LogP contribution in [-0.2, 0) is 26.2 Å². The van der Waals surface area contributed by atoms with Gasteiger partial charge >= 0.3 is 0 Å². The van der Waals surface area contributed by atoms with Crippen molar-refractivity contribution < 1.29 is 22.7 Å². The highest BCUT2D eigenvalue weighted by Crippen LogP contribution is 2.30. The second-order valence-corrected chi connectivity index (χ2v) is 10.0. The summed E-state index contributed by atoms with van der Waals surface area (Å²) in [6, 6.07) is 14.0. The first-order valence-electron chi connectivity index (χ1n) is 11.3. The number of ether oxygens (including phenoxy) is 1. The van der Waals surface area contributed by atoms with Crippen LogP contribution in [0.15, 0.2) is 48.5 Å². The summed E-state index contributed by atoms with van der Waals surface area (Å²) in [6.07, 6.45) is 1.52. The molecule has 1 atom stereocenters. The van der Waals surface area contributed by atoms with Crippen molar-refractivity contribution in [2.45, 2.75) is 46.2 Å². The van der Waals surface area contributed by atoms with E-state index in [1.165, 1.54) is 16.3 Å². The van der Waals surface area contributed by atoms with Gasteiger partial charge in [-0.2, -0.15) is 0 Å². The standard InChI is InChI=1S/C25H35N3O5S/c1-6-33-23-14-8-7-13-22(23)28(34(5,31)32)16-10-15-24(29)27(20(3)25(30)26-4)18-21-12-9-11-19(2)17-21/h7-9,11-14,17,20H,6,10,15-16,18H2,1-5H3,(H,26,30). The Balaban J connectivity index is 2.18. The van der Waals surface area contributed by atoms with E-state index in [1.807, 2.05) is 38.1 Å². The number of sulfonamides is 1. The Morgan fingerprint density at radius 2 is 1.82 bits per heavy atom. The van der Waals surface area contributed by atoms with Crippen LogP contribution in [-0.4, -0.2) is 57.6 Å². The van der Waals surface area contributed by atoms with Crippen molar-refractivity contribution in [3.63, 3.8) is 0 Å². The van der Waals surface area contributed by atoms with Gasteiger partial charge in [-0.25, -0.2) is 8.42 Å². The molecule has 34 heavy (non-hydrogen) atoms. The Morgan fingerprint density at radius 3 is 2.44 bits per heavy atom. The van der Waals surface area contributed by atoms with E-state index < -0.39 is 16.1 Å². The number of carbonyl (C=O) groups excluding carboxylic acids is 2. The molecule has 0 saturated heterocycles. The molecular weight excluding hydrogens is 454 g/mol. The third-order valence-electron chi connectivity index (χ3n) is 5.44. The minimum Gasteiger partial charge on any atom is -0.492 e. The number of hydrogen-bond acceptors (Lipinski definition) is 5. The van der Waals surface area contributed by atoms with Crippen LogP contribution in [0.3, 0.4) is 0 Å². The predicted molar refractivity (Wildman–Crippen MR) is 134 cm³/mol. The minimum absolute atomic E-state index is 0.0932. The van der Waals surface area contributed by atoms with E-state index in [0.29, 0.717) is 18.0 Å². The Bertz CT molecular complexity index is 1090. The molecule has 8 nitrogen and oxygen atoms in total. The lowest BCUT2D eigenvalue weighted by Gasteiger charge is -2.29. The molecule has 2 amide bonds. The average Bonchev–Trinajstić information content (AvgIpc) is 2.79. The molecule has 2 aromatic rings. The van der Waals surface area contributed by atoms with Crippen molar-refractivity contribution in [1.29, 1.82) is 0 Å². The van der Waals surface area contributed by atoms with Gasteiger partial charge in [0.25, 0.3) is 0 Å². The maximum atomic E-state index is 13.2. The van der Waals surface area contributed by atoms with Crippen LogP contribution in [0.5, 0.6) is 5.75 Å². The van der Waals surface area contributed by atoms with Crippen molar-refractivity contribution >= 4 is 27.5 Å². The lowest BCUT2D eigenvalue weighted by atomic mass is 10.1. The number of hydrogen-bond donors (Lipinski definition) is 1. The van der Waals surface area contributed by atoms with Crippen molar-refractivity contribution in [2.75, 3.05) is 30.8 Å². The topological polar surface area (TPSA) is 96.0 Å². The number of carbonyl (C=O) groups is 2. The predicted octanol–water partition coefficient (Wildman–Crippen LogP) is 3.10. The summed E-state index contributed by atoms with van der Waals surface area (Å²) in [5, 5.41) is 2.60. The highest BCUT2D eigenvalue weighted by atomic mass is 32.2. The number of nitrogens with one attached hydrogen (secondary N) is 1. The first-order valence-corrected chi connectivity index (χ1v) is 13.2. The molecule has 0 aliphatic rings. The second-order valence-electron chi connectivity index (χ2n) is 8.14. The zero-order valence-corrected chi connectivity index (χ0v) is 21.4. The number of anilines is 1. The number of likely N-dealkylation sites (N-methyl/N-ethyl adjacent to an activating group) is 1. The van der Waals surface area contributed by atoms with Crippen LogP contribution < -0.4 is 14.4 Å². The first kappa shape index (κ1) is 27.2. The number of benzene rings is 2. The van der Waals surface area contributed by atoms with Crippen molar-refractivity contribution in [1.82, 2.24) is 10.2 Å². The molecule has 2 aromatic carbocycles. The van der Waals surface area contributed by atoms with Gasteiger partial charge < -0.3 is 15.0 Å². The molecule has 0 spiro atoms. The van der Waals surface area contributed by atoms with Crippen LogP contribution in [0.1, 0.15) is 37.8 Å². The second kappa shape index (κ2) is 12.4. The van der Waals surface area contributed by atoms with Crippen LogP contribution >= 0.6 is 0 Å². The molecule has 0 saturated carbocycles.